The molecular formula is C19H20N2O4. The first kappa shape index (κ1) is 16.9. The maximum atomic E-state index is 12.2. The van der Waals surface area contributed by atoms with E-state index in [9.17, 15) is 4.79 Å². The van der Waals surface area contributed by atoms with E-state index in [1.807, 2.05) is 30.3 Å². The number of nitrogens with two attached hydrogens (primary N) is 1. The van der Waals surface area contributed by atoms with Gasteiger partial charge in [0.15, 0.2) is 0 Å². The lowest BCUT2D eigenvalue weighted by molar-refractivity contribution is 0.0596. The second-order valence-corrected chi connectivity index (χ2v) is 5.54. The first-order chi connectivity index (χ1) is 12.1. The predicted octanol–water partition coefficient (Wildman–Crippen LogP) is 3.23. The number of ether oxygens (including phenoxy) is 3. The average Bonchev–Trinajstić information content (AvgIpc) is 3.00. The van der Waals surface area contributed by atoms with E-state index in [1.165, 1.54) is 7.11 Å². The van der Waals surface area contributed by atoms with Crippen molar-refractivity contribution in [3.05, 3.63) is 48.2 Å². The summed E-state index contributed by atoms with van der Waals surface area (Å²) in [6.45, 7) is 0.963. The molecule has 0 spiro atoms. The lowest BCUT2D eigenvalue weighted by Crippen LogP contribution is -2.04. The van der Waals surface area contributed by atoms with Crippen molar-refractivity contribution in [1.82, 2.24) is 4.98 Å². The summed E-state index contributed by atoms with van der Waals surface area (Å²) in [6.07, 6.45) is 0. The van der Waals surface area contributed by atoms with Crippen LogP contribution in [0.3, 0.4) is 0 Å². The number of nitrogens with one attached hydrogen (secondary N) is 1. The molecule has 0 saturated carbocycles. The Bertz CT molecular complexity index is 884. The number of methoxy groups -OCH3 is 2. The zero-order valence-electron chi connectivity index (χ0n) is 14.2. The van der Waals surface area contributed by atoms with E-state index in [-0.39, 0.29) is 0 Å². The predicted molar refractivity (Wildman–Crippen MR) is 96.9 cm³/mol. The van der Waals surface area contributed by atoms with Gasteiger partial charge < -0.3 is 24.9 Å². The Morgan fingerprint density at radius 1 is 1.08 bits per heavy atom. The average molecular weight is 340 g/mol. The van der Waals surface area contributed by atoms with Gasteiger partial charge in [-0.2, -0.15) is 0 Å². The Morgan fingerprint density at radius 3 is 2.52 bits per heavy atom. The van der Waals surface area contributed by atoms with Gasteiger partial charge in [-0.05, 0) is 29.8 Å². The third-order valence-electron chi connectivity index (χ3n) is 3.92. The van der Waals surface area contributed by atoms with Crippen LogP contribution in [0.2, 0.25) is 0 Å². The normalized spacial score (nSPS) is 10.8. The molecule has 0 unspecified atom stereocenters. The number of aromatic amines is 1. The van der Waals surface area contributed by atoms with Crippen LogP contribution in [0, 0.1) is 0 Å². The zero-order chi connectivity index (χ0) is 17.8. The molecule has 0 saturated heterocycles. The summed E-state index contributed by atoms with van der Waals surface area (Å²) >= 11 is 0. The summed E-state index contributed by atoms with van der Waals surface area (Å²) in [5.74, 6) is 0.274. The fourth-order valence-electron chi connectivity index (χ4n) is 2.71. The van der Waals surface area contributed by atoms with Gasteiger partial charge in [0.05, 0.1) is 19.2 Å². The summed E-state index contributed by atoms with van der Waals surface area (Å²) in [5.41, 5.74) is 9.29. The Labute approximate surface area is 145 Å². The van der Waals surface area contributed by atoms with Crippen LogP contribution in [0.1, 0.15) is 10.5 Å². The molecule has 0 aliphatic rings. The summed E-state index contributed by atoms with van der Waals surface area (Å²) in [7, 11) is 2.99. The van der Waals surface area contributed by atoms with Gasteiger partial charge in [-0.3, -0.25) is 0 Å². The minimum atomic E-state index is -0.426. The van der Waals surface area contributed by atoms with Crippen LogP contribution in [-0.2, 0) is 9.47 Å². The highest BCUT2D eigenvalue weighted by Gasteiger charge is 2.20. The summed E-state index contributed by atoms with van der Waals surface area (Å²) in [4.78, 5) is 15.4. The molecule has 0 fully saturated rings. The third kappa shape index (κ3) is 3.44. The fourth-order valence-corrected chi connectivity index (χ4v) is 2.71. The number of fused-ring (bicyclic) bond motifs is 1. The Morgan fingerprint density at radius 2 is 1.84 bits per heavy atom. The maximum absolute atomic E-state index is 12.2. The van der Waals surface area contributed by atoms with Crippen molar-refractivity contribution in [2.75, 3.05) is 33.2 Å². The number of carbonyl (C=O) groups is 1. The number of benzene rings is 2. The van der Waals surface area contributed by atoms with Crippen LogP contribution in [0.25, 0.3) is 22.0 Å². The third-order valence-corrected chi connectivity index (χ3v) is 3.92. The summed E-state index contributed by atoms with van der Waals surface area (Å²) in [5, 5.41) is 0.907. The van der Waals surface area contributed by atoms with Gasteiger partial charge in [-0.25, -0.2) is 4.79 Å². The number of esters is 1. The zero-order valence-corrected chi connectivity index (χ0v) is 14.2. The van der Waals surface area contributed by atoms with Crippen molar-refractivity contribution in [2.45, 2.75) is 0 Å². The number of hydrogen-bond donors (Lipinski definition) is 2. The molecule has 3 aromatic rings. The number of hydrogen-bond acceptors (Lipinski definition) is 5. The second kappa shape index (κ2) is 7.27. The van der Waals surface area contributed by atoms with Crippen molar-refractivity contribution >= 4 is 22.6 Å². The molecule has 6 heteroatoms. The first-order valence-electron chi connectivity index (χ1n) is 7.85. The lowest BCUT2D eigenvalue weighted by Gasteiger charge is -2.06. The molecule has 0 radical (unpaired) electrons. The van der Waals surface area contributed by atoms with Crippen LogP contribution < -0.4 is 10.5 Å². The van der Waals surface area contributed by atoms with Crippen LogP contribution in [-0.4, -0.2) is 38.4 Å². The molecule has 2 aromatic carbocycles. The number of anilines is 1. The highest BCUT2D eigenvalue weighted by molar-refractivity contribution is 6.08. The van der Waals surface area contributed by atoms with Crippen LogP contribution >= 0.6 is 0 Å². The molecule has 3 N–H and O–H groups in total. The van der Waals surface area contributed by atoms with Crippen LogP contribution in [0.4, 0.5) is 5.69 Å². The van der Waals surface area contributed by atoms with Crippen LogP contribution in [0.5, 0.6) is 5.75 Å². The van der Waals surface area contributed by atoms with Gasteiger partial charge >= 0.3 is 5.97 Å². The molecule has 3 rings (SSSR count). The molecule has 0 aliphatic carbocycles. The molecule has 0 aliphatic heterocycles. The van der Waals surface area contributed by atoms with Crippen LogP contribution in [0.15, 0.2) is 42.5 Å². The summed E-state index contributed by atoms with van der Waals surface area (Å²) in [6, 6.07) is 13.0. The van der Waals surface area contributed by atoms with Crippen molar-refractivity contribution in [3.8, 4) is 16.9 Å². The van der Waals surface area contributed by atoms with E-state index in [0.717, 1.165) is 22.0 Å². The number of rotatable bonds is 6. The van der Waals surface area contributed by atoms with Gasteiger partial charge in [0.25, 0.3) is 0 Å². The molecule has 1 aromatic heterocycles. The van der Waals surface area contributed by atoms with E-state index in [4.69, 9.17) is 19.9 Å². The van der Waals surface area contributed by atoms with Gasteiger partial charge in [-0.15, -0.1) is 0 Å². The van der Waals surface area contributed by atoms with E-state index in [0.29, 0.717) is 30.3 Å². The lowest BCUT2D eigenvalue weighted by atomic mass is 10.0. The molecular weight excluding hydrogens is 320 g/mol. The van der Waals surface area contributed by atoms with Gasteiger partial charge in [-0.1, -0.05) is 12.1 Å². The van der Waals surface area contributed by atoms with Crippen molar-refractivity contribution in [1.29, 1.82) is 0 Å². The van der Waals surface area contributed by atoms with Gasteiger partial charge in [0, 0.05) is 29.8 Å². The number of nitrogen functional groups attached to an aromatic ring is 1. The molecule has 0 atom stereocenters. The van der Waals surface area contributed by atoms with Crippen molar-refractivity contribution in [2.24, 2.45) is 0 Å². The fraction of sp³-hybridized carbons (Fsp3) is 0.211. The van der Waals surface area contributed by atoms with Gasteiger partial charge in [0.2, 0.25) is 0 Å². The number of aromatic nitrogens is 1. The smallest absolute Gasteiger partial charge is 0.355 e. The maximum Gasteiger partial charge on any atom is 0.355 e. The highest BCUT2D eigenvalue weighted by atomic mass is 16.5. The van der Waals surface area contributed by atoms with E-state index in [2.05, 4.69) is 4.98 Å². The Balaban J connectivity index is 2.09. The van der Waals surface area contributed by atoms with Gasteiger partial charge in [0.1, 0.15) is 18.1 Å². The topological polar surface area (TPSA) is 86.6 Å². The van der Waals surface area contributed by atoms with E-state index < -0.39 is 5.97 Å². The second-order valence-electron chi connectivity index (χ2n) is 5.54. The largest absolute Gasteiger partial charge is 0.491 e. The number of carbonyl (C=O) groups excluding carboxylic acids is 1. The van der Waals surface area contributed by atoms with Crippen molar-refractivity contribution in [3.63, 3.8) is 0 Å². The Kier molecular flexibility index (Phi) is 4.90. The molecule has 25 heavy (non-hydrogen) atoms. The highest BCUT2D eigenvalue weighted by Crippen LogP contribution is 2.35. The standard InChI is InChI=1S/C19H20N2O4/c1-23-9-10-25-14-7-8-15-16(11-14)21-18(19(22)24-2)17(15)12-3-5-13(20)6-4-12/h3-8,11,21H,9-10,20H2,1-2H3. The molecule has 1 heterocycles. The monoisotopic (exact) mass is 340 g/mol. The molecule has 6 nitrogen and oxygen atoms in total. The Hall–Kier alpha value is -2.99. The quantitative estimate of drug-likeness (QED) is 0.409. The minimum Gasteiger partial charge on any atom is -0.491 e. The van der Waals surface area contributed by atoms with E-state index in [1.54, 1.807) is 19.2 Å². The SMILES string of the molecule is COCCOc1ccc2c(-c3ccc(N)cc3)c(C(=O)OC)[nH]c2c1. The summed E-state index contributed by atoms with van der Waals surface area (Å²) < 4.78 is 15.5. The number of H-pyrrole nitrogens is 1. The molecule has 0 amide bonds. The van der Waals surface area contributed by atoms with Crippen molar-refractivity contribution < 1.29 is 19.0 Å². The molecule has 0 bridgehead atoms. The first-order valence-corrected chi connectivity index (χ1v) is 7.85. The molecule has 130 valence electrons. The minimum absolute atomic E-state index is 0.399. The van der Waals surface area contributed by atoms with E-state index >= 15 is 0 Å².